The molecule has 2 rings (SSSR count). The highest BCUT2D eigenvalue weighted by atomic mass is 35.5. The lowest BCUT2D eigenvalue weighted by atomic mass is 10.3. The van der Waals surface area contributed by atoms with Crippen LogP contribution in [0.15, 0.2) is 6.07 Å². The molecule has 16 heavy (non-hydrogen) atoms. The Kier molecular flexibility index (Phi) is 3.30. The second-order valence-corrected chi connectivity index (χ2v) is 4.70. The van der Waals surface area contributed by atoms with Gasteiger partial charge in [-0.2, -0.15) is 0 Å². The van der Waals surface area contributed by atoms with E-state index >= 15 is 0 Å². The summed E-state index contributed by atoms with van der Waals surface area (Å²) in [5.74, 6) is 1.41. The fourth-order valence-corrected chi connectivity index (χ4v) is 1.61. The lowest BCUT2D eigenvalue weighted by Gasteiger charge is -2.13. The smallest absolute Gasteiger partial charge is 0.158 e. The summed E-state index contributed by atoms with van der Waals surface area (Å²) >= 11 is 5.93. The van der Waals surface area contributed by atoms with Crippen molar-refractivity contribution in [1.29, 1.82) is 0 Å². The molecule has 1 saturated carbocycles. The van der Waals surface area contributed by atoms with Crippen LogP contribution in [0.2, 0.25) is 5.15 Å². The van der Waals surface area contributed by atoms with Crippen LogP contribution in [0, 0.1) is 0 Å². The maximum absolute atomic E-state index is 5.93. The number of nitrogens with zero attached hydrogens (tertiary/aromatic N) is 2. The summed E-state index contributed by atoms with van der Waals surface area (Å²) in [6, 6.07) is 1.75. The zero-order valence-corrected chi connectivity index (χ0v) is 10.3. The Hall–Kier alpha value is -0.870. The van der Waals surface area contributed by atoms with Gasteiger partial charge in [-0.15, -0.1) is 0 Å². The van der Waals surface area contributed by atoms with Crippen molar-refractivity contribution in [2.24, 2.45) is 0 Å². The van der Waals surface area contributed by atoms with Gasteiger partial charge in [0.15, 0.2) is 5.82 Å². The van der Waals surface area contributed by atoms with E-state index in [1.807, 2.05) is 6.92 Å². The molecule has 0 atom stereocenters. The molecule has 88 valence electrons. The molecule has 0 radical (unpaired) electrons. The van der Waals surface area contributed by atoms with Gasteiger partial charge in [0.05, 0.1) is 0 Å². The molecule has 0 bridgehead atoms. The number of rotatable bonds is 5. The molecule has 0 aliphatic heterocycles. The number of nitrogens with one attached hydrogen (secondary N) is 1. The van der Waals surface area contributed by atoms with Crippen molar-refractivity contribution in [3.8, 4) is 0 Å². The van der Waals surface area contributed by atoms with Crippen LogP contribution in [0.1, 0.15) is 32.5 Å². The van der Waals surface area contributed by atoms with Gasteiger partial charge in [-0.1, -0.05) is 11.6 Å². The molecule has 0 aromatic carbocycles. The molecule has 0 saturated heterocycles. The average molecular weight is 242 g/mol. The highest BCUT2D eigenvalue weighted by Gasteiger charge is 2.37. The molecule has 0 spiro atoms. The Morgan fingerprint density at radius 1 is 1.50 bits per heavy atom. The maximum Gasteiger partial charge on any atom is 0.158 e. The molecule has 1 N–H and O–H groups in total. The van der Waals surface area contributed by atoms with Gasteiger partial charge in [0.1, 0.15) is 17.6 Å². The van der Waals surface area contributed by atoms with Gasteiger partial charge in [-0.05, 0) is 26.7 Å². The van der Waals surface area contributed by atoms with Crippen LogP contribution >= 0.6 is 11.6 Å². The predicted molar refractivity (Wildman–Crippen MR) is 63.6 cm³/mol. The molecule has 0 amide bonds. The van der Waals surface area contributed by atoms with Crippen molar-refractivity contribution in [2.75, 3.05) is 11.9 Å². The number of hydrogen-bond acceptors (Lipinski definition) is 4. The first-order valence-electron chi connectivity index (χ1n) is 5.51. The molecular formula is C11H16ClN3O. The average Bonchev–Trinajstić information content (AvgIpc) is 2.92. The summed E-state index contributed by atoms with van der Waals surface area (Å²) < 4.78 is 5.26. The topological polar surface area (TPSA) is 47.0 Å². The Balaban J connectivity index is 2.08. The number of halogens is 1. The number of hydrogen-bond donors (Lipinski definition) is 1. The molecular weight excluding hydrogens is 226 g/mol. The standard InChI is InChI=1S/C11H16ClN3O/c1-3-16-7-10-13-8(12)6-9(14-10)15-11(2)4-5-11/h6H,3-5,7H2,1-2H3,(H,13,14,15). The van der Waals surface area contributed by atoms with Crippen LogP contribution in [-0.2, 0) is 11.3 Å². The molecule has 1 aliphatic carbocycles. The highest BCUT2D eigenvalue weighted by Crippen LogP contribution is 2.37. The van der Waals surface area contributed by atoms with Gasteiger partial charge < -0.3 is 10.1 Å². The number of ether oxygens (including phenoxy) is 1. The monoisotopic (exact) mass is 241 g/mol. The summed E-state index contributed by atoms with van der Waals surface area (Å²) in [4.78, 5) is 8.48. The lowest BCUT2D eigenvalue weighted by molar-refractivity contribution is 0.128. The van der Waals surface area contributed by atoms with Crippen molar-refractivity contribution < 1.29 is 4.74 Å². The zero-order chi connectivity index (χ0) is 11.6. The lowest BCUT2D eigenvalue weighted by Crippen LogP contribution is -2.17. The summed E-state index contributed by atoms with van der Waals surface area (Å²) in [5, 5.41) is 3.81. The second-order valence-electron chi connectivity index (χ2n) is 4.31. The van der Waals surface area contributed by atoms with Crippen molar-refractivity contribution in [1.82, 2.24) is 9.97 Å². The Morgan fingerprint density at radius 2 is 2.25 bits per heavy atom. The first-order valence-corrected chi connectivity index (χ1v) is 5.88. The molecule has 1 fully saturated rings. The van der Waals surface area contributed by atoms with Gasteiger partial charge in [0.25, 0.3) is 0 Å². The molecule has 4 nitrogen and oxygen atoms in total. The normalized spacial score (nSPS) is 17.2. The third-order valence-electron chi connectivity index (χ3n) is 2.61. The molecule has 1 aromatic rings. The van der Waals surface area contributed by atoms with E-state index in [2.05, 4.69) is 22.2 Å². The van der Waals surface area contributed by atoms with E-state index < -0.39 is 0 Å². The van der Waals surface area contributed by atoms with Gasteiger partial charge >= 0.3 is 0 Å². The molecule has 1 aliphatic rings. The molecule has 0 unspecified atom stereocenters. The van der Waals surface area contributed by atoms with Crippen LogP contribution in [0.3, 0.4) is 0 Å². The Labute approximate surface area is 100 Å². The third kappa shape index (κ3) is 3.06. The van der Waals surface area contributed by atoms with E-state index in [1.165, 1.54) is 12.8 Å². The van der Waals surface area contributed by atoms with Gasteiger partial charge in [-0.3, -0.25) is 0 Å². The van der Waals surface area contributed by atoms with Crippen molar-refractivity contribution >= 4 is 17.4 Å². The van der Waals surface area contributed by atoms with Gasteiger partial charge in [0, 0.05) is 18.2 Å². The largest absolute Gasteiger partial charge is 0.374 e. The second kappa shape index (κ2) is 4.55. The van der Waals surface area contributed by atoms with E-state index in [0.717, 1.165) is 5.82 Å². The van der Waals surface area contributed by atoms with Crippen LogP contribution in [0.4, 0.5) is 5.82 Å². The first kappa shape index (κ1) is 11.6. The summed E-state index contributed by atoms with van der Waals surface area (Å²) in [6.07, 6.45) is 2.35. The Bertz CT molecular complexity index is 379. The Morgan fingerprint density at radius 3 is 2.88 bits per heavy atom. The van der Waals surface area contributed by atoms with Crippen LogP contribution < -0.4 is 5.32 Å². The number of anilines is 1. The van der Waals surface area contributed by atoms with E-state index in [-0.39, 0.29) is 5.54 Å². The minimum Gasteiger partial charge on any atom is -0.374 e. The van der Waals surface area contributed by atoms with Crippen molar-refractivity contribution in [3.05, 3.63) is 17.0 Å². The van der Waals surface area contributed by atoms with Gasteiger partial charge in [-0.25, -0.2) is 9.97 Å². The number of aromatic nitrogens is 2. The van der Waals surface area contributed by atoms with E-state index in [9.17, 15) is 0 Å². The first-order chi connectivity index (χ1) is 7.61. The quantitative estimate of drug-likeness (QED) is 0.805. The van der Waals surface area contributed by atoms with Crippen molar-refractivity contribution in [2.45, 2.75) is 38.8 Å². The zero-order valence-electron chi connectivity index (χ0n) is 9.59. The fraction of sp³-hybridized carbons (Fsp3) is 0.636. The minimum atomic E-state index is 0.195. The van der Waals surface area contributed by atoms with E-state index in [0.29, 0.717) is 24.2 Å². The van der Waals surface area contributed by atoms with Crippen LogP contribution in [-0.4, -0.2) is 22.1 Å². The molecule has 1 aromatic heterocycles. The third-order valence-corrected chi connectivity index (χ3v) is 2.80. The van der Waals surface area contributed by atoms with E-state index in [4.69, 9.17) is 16.3 Å². The highest BCUT2D eigenvalue weighted by molar-refractivity contribution is 6.29. The minimum absolute atomic E-state index is 0.195. The van der Waals surface area contributed by atoms with E-state index in [1.54, 1.807) is 6.07 Å². The van der Waals surface area contributed by atoms with Gasteiger partial charge in [0.2, 0.25) is 0 Å². The fourth-order valence-electron chi connectivity index (χ4n) is 1.41. The summed E-state index contributed by atoms with van der Waals surface area (Å²) in [7, 11) is 0. The molecule has 5 heteroatoms. The summed E-state index contributed by atoms with van der Waals surface area (Å²) in [5.41, 5.74) is 0.195. The van der Waals surface area contributed by atoms with Crippen molar-refractivity contribution in [3.63, 3.8) is 0 Å². The van der Waals surface area contributed by atoms with Crippen LogP contribution in [0.25, 0.3) is 0 Å². The predicted octanol–water partition coefficient (Wildman–Crippen LogP) is 2.63. The SMILES string of the molecule is CCOCc1nc(Cl)cc(NC2(C)CC2)n1. The maximum atomic E-state index is 5.93. The summed E-state index contributed by atoms with van der Waals surface area (Å²) in [6.45, 7) is 5.17. The van der Waals surface area contributed by atoms with Crippen LogP contribution in [0.5, 0.6) is 0 Å². The molecule has 1 heterocycles.